The summed E-state index contributed by atoms with van der Waals surface area (Å²) in [5.74, 6) is 0. The molecule has 0 radical (unpaired) electrons. The maximum atomic E-state index is 12.9. The van der Waals surface area contributed by atoms with Crippen molar-refractivity contribution in [3.8, 4) is 0 Å². The van der Waals surface area contributed by atoms with Crippen LogP contribution in [0.15, 0.2) is 71.6 Å². The SMILES string of the molecule is CCN(c1ccc2ccccc2c1)S(=O)(=O)c1ccc(C)cc1. The van der Waals surface area contributed by atoms with Crippen LogP contribution in [0.3, 0.4) is 0 Å². The Kier molecular flexibility index (Phi) is 4.09. The fourth-order valence-corrected chi connectivity index (χ4v) is 4.13. The Bertz CT molecular complexity index is 931. The molecule has 3 rings (SSSR count). The molecule has 23 heavy (non-hydrogen) atoms. The van der Waals surface area contributed by atoms with Gasteiger partial charge in [-0.1, -0.05) is 48.0 Å². The second-order valence-corrected chi connectivity index (χ2v) is 7.38. The zero-order chi connectivity index (χ0) is 16.4. The Balaban J connectivity index is 2.08. The van der Waals surface area contributed by atoms with Crippen LogP contribution in [-0.2, 0) is 10.0 Å². The van der Waals surface area contributed by atoms with Crippen LogP contribution >= 0.6 is 0 Å². The van der Waals surface area contributed by atoms with Crippen LogP contribution in [0.5, 0.6) is 0 Å². The van der Waals surface area contributed by atoms with Gasteiger partial charge in [-0.15, -0.1) is 0 Å². The Labute approximate surface area is 137 Å². The molecule has 3 aromatic rings. The fourth-order valence-electron chi connectivity index (χ4n) is 2.66. The van der Waals surface area contributed by atoms with Gasteiger partial charge in [-0.05, 0) is 48.9 Å². The van der Waals surface area contributed by atoms with Gasteiger partial charge in [0.05, 0.1) is 10.6 Å². The molecule has 3 aromatic carbocycles. The Hall–Kier alpha value is -2.33. The van der Waals surface area contributed by atoms with Crippen molar-refractivity contribution in [1.82, 2.24) is 0 Å². The number of fused-ring (bicyclic) bond motifs is 1. The first-order valence-corrected chi connectivity index (χ1v) is 9.04. The van der Waals surface area contributed by atoms with Crippen molar-refractivity contribution < 1.29 is 8.42 Å². The van der Waals surface area contributed by atoms with Crippen LogP contribution in [0, 0.1) is 6.92 Å². The van der Waals surface area contributed by atoms with Gasteiger partial charge in [-0.3, -0.25) is 4.31 Å². The number of hydrogen-bond donors (Lipinski definition) is 0. The summed E-state index contributed by atoms with van der Waals surface area (Å²) < 4.78 is 27.3. The third-order valence-electron chi connectivity index (χ3n) is 3.92. The van der Waals surface area contributed by atoms with Crippen LogP contribution in [-0.4, -0.2) is 15.0 Å². The zero-order valence-electron chi connectivity index (χ0n) is 13.2. The van der Waals surface area contributed by atoms with E-state index in [1.165, 1.54) is 4.31 Å². The summed E-state index contributed by atoms with van der Waals surface area (Å²) in [6.45, 7) is 4.17. The highest BCUT2D eigenvalue weighted by atomic mass is 32.2. The standard InChI is InChI=1S/C19H19NO2S/c1-3-20(23(21,22)19-12-8-15(2)9-13-19)18-11-10-16-6-4-5-7-17(16)14-18/h4-14H,3H2,1-2H3. The van der Waals surface area contributed by atoms with Gasteiger partial charge in [-0.25, -0.2) is 8.42 Å². The summed E-state index contributed by atoms with van der Waals surface area (Å²) in [5.41, 5.74) is 1.73. The van der Waals surface area contributed by atoms with Crippen LogP contribution in [0.25, 0.3) is 10.8 Å². The zero-order valence-corrected chi connectivity index (χ0v) is 14.0. The molecule has 0 aliphatic rings. The third kappa shape index (κ3) is 2.94. The first-order valence-electron chi connectivity index (χ1n) is 7.60. The number of benzene rings is 3. The summed E-state index contributed by atoms with van der Waals surface area (Å²) in [6, 6.07) is 20.6. The summed E-state index contributed by atoms with van der Waals surface area (Å²) in [7, 11) is -3.56. The van der Waals surface area contributed by atoms with Gasteiger partial charge in [-0.2, -0.15) is 0 Å². The molecule has 0 unspecified atom stereocenters. The van der Waals surface area contributed by atoms with Crippen molar-refractivity contribution in [3.63, 3.8) is 0 Å². The van der Waals surface area contributed by atoms with Crippen molar-refractivity contribution in [2.45, 2.75) is 18.7 Å². The van der Waals surface area contributed by atoms with Gasteiger partial charge in [0.25, 0.3) is 10.0 Å². The summed E-state index contributed by atoms with van der Waals surface area (Å²) in [4.78, 5) is 0.318. The fraction of sp³-hybridized carbons (Fsp3) is 0.158. The van der Waals surface area contributed by atoms with E-state index in [0.29, 0.717) is 17.1 Å². The maximum Gasteiger partial charge on any atom is 0.264 e. The minimum Gasteiger partial charge on any atom is -0.267 e. The second kappa shape index (κ2) is 6.05. The smallest absolute Gasteiger partial charge is 0.264 e. The summed E-state index contributed by atoms with van der Waals surface area (Å²) >= 11 is 0. The number of rotatable bonds is 4. The third-order valence-corrected chi connectivity index (χ3v) is 5.83. The molecule has 0 spiro atoms. The predicted octanol–water partition coefficient (Wildman–Crippen LogP) is 4.36. The van der Waals surface area contributed by atoms with Crippen LogP contribution < -0.4 is 4.31 Å². The molecule has 0 N–H and O–H groups in total. The van der Waals surface area contributed by atoms with Crippen molar-refractivity contribution in [1.29, 1.82) is 0 Å². The maximum absolute atomic E-state index is 12.9. The first kappa shape index (κ1) is 15.6. The lowest BCUT2D eigenvalue weighted by Crippen LogP contribution is -2.30. The van der Waals surface area contributed by atoms with Crippen molar-refractivity contribution in [3.05, 3.63) is 72.3 Å². The van der Waals surface area contributed by atoms with Gasteiger partial charge in [0.2, 0.25) is 0 Å². The highest BCUT2D eigenvalue weighted by Crippen LogP contribution is 2.27. The van der Waals surface area contributed by atoms with E-state index >= 15 is 0 Å². The van der Waals surface area contributed by atoms with Gasteiger partial charge >= 0.3 is 0 Å². The van der Waals surface area contributed by atoms with Gasteiger partial charge in [0.15, 0.2) is 0 Å². The molecule has 0 bridgehead atoms. The number of aryl methyl sites for hydroxylation is 1. The molecular weight excluding hydrogens is 306 g/mol. The molecule has 0 amide bonds. The van der Waals surface area contributed by atoms with E-state index in [2.05, 4.69) is 0 Å². The van der Waals surface area contributed by atoms with Gasteiger partial charge in [0.1, 0.15) is 0 Å². The largest absolute Gasteiger partial charge is 0.267 e. The highest BCUT2D eigenvalue weighted by Gasteiger charge is 2.23. The molecular formula is C19H19NO2S. The molecule has 0 aliphatic heterocycles. The molecule has 0 aromatic heterocycles. The van der Waals surface area contributed by atoms with Crippen LogP contribution in [0.2, 0.25) is 0 Å². The Morgan fingerprint density at radius 1 is 0.870 bits per heavy atom. The summed E-state index contributed by atoms with van der Waals surface area (Å²) in [5, 5.41) is 2.13. The molecule has 4 heteroatoms. The lowest BCUT2D eigenvalue weighted by atomic mass is 10.1. The normalized spacial score (nSPS) is 11.6. The monoisotopic (exact) mass is 325 g/mol. The second-order valence-electron chi connectivity index (χ2n) is 5.51. The highest BCUT2D eigenvalue weighted by molar-refractivity contribution is 7.92. The molecule has 3 nitrogen and oxygen atoms in total. The average molecular weight is 325 g/mol. The molecule has 0 saturated carbocycles. The van der Waals surface area contributed by atoms with Gasteiger partial charge in [0, 0.05) is 6.54 Å². The first-order chi connectivity index (χ1) is 11.0. The number of nitrogens with zero attached hydrogens (tertiary/aromatic N) is 1. The predicted molar refractivity (Wildman–Crippen MR) is 95.3 cm³/mol. The number of sulfonamides is 1. The Morgan fingerprint density at radius 2 is 1.52 bits per heavy atom. The average Bonchev–Trinajstić information content (AvgIpc) is 2.55. The minimum absolute atomic E-state index is 0.318. The van der Waals surface area contributed by atoms with E-state index < -0.39 is 10.0 Å². The number of hydrogen-bond acceptors (Lipinski definition) is 2. The minimum atomic E-state index is -3.56. The quantitative estimate of drug-likeness (QED) is 0.714. The molecule has 0 heterocycles. The van der Waals surface area contributed by atoms with E-state index in [-0.39, 0.29) is 0 Å². The van der Waals surface area contributed by atoms with E-state index in [1.54, 1.807) is 12.1 Å². The molecule has 0 saturated heterocycles. The van der Waals surface area contributed by atoms with E-state index in [1.807, 2.05) is 68.4 Å². The lowest BCUT2D eigenvalue weighted by molar-refractivity contribution is 0.592. The molecule has 0 aliphatic carbocycles. The van der Waals surface area contributed by atoms with Crippen molar-refractivity contribution >= 4 is 26.5 Å². The van der Waals surface area contributed by atoms with E-state index in [0.717, 1.165) is 16.3 Å². The van der Waals surface area contributed by atoms with Crippen molar-refractivity contribution in [2.24, 2.45) is 0 Å². The van der Waals surface area contributed by atoms with Crippen LogP contribution in [0.4, 0.5) is 5.69 Å². The molecule has 118 valence electrons. The lowest BCUT2D eigenvalue weighted by Gasteiger charge is -2.23. The summed E-state index contributed by atoms with van der Waals surface area (Å²) in [6.07, 6.45) is 0. The Morgan fingerprint density at radius 3 is 2.17 bits per heavy atom. The van der Waals surface area contributed by atoms with E-state index in [9.17, 15) is 8.42 Å². The van der Waals surface area contributed by atoms with Gasteiger partial charge < -0.3 is 0 Å². The molecule has 0 atom stereocenters. The van der Waals surface area contributed by atoms with Crippen molar-refractivity contribution in [2.75, 3.05) is 10.8 Å². The number of anilines is 1. The topological polar surface area (TPSA) is 37.4 Å². The molecule has 0 fully saturated rings. The van der Waals surface area contributed by atoms with Crippen LogP contribution in [0.1, 0.15) is 12.5 Å². The van der Waals surface area contributed by atoms with E-state index in [4.69, 9.17) is 0 Å².